The first-order valence-corrected chi connectivity index (χ1v) is 9.51. The summed E-state index contributed by atoms with van der Waals surface area (Å²) in [6.45, 7) is 6.46. The number of benzene rings is 1. The minimum absolute atomic E-state index is 0. The summed E-state index contributed by atoms with van der Waals surface area (Å²) in [4.78, 5) is 15.0. The molecule has 1 amide bonds. The summed E-state index contributed by atoms with van der Waals surface area (Å²) in [5.41, 5.74) is 1.41. The first-order chi connectivity index (χ1) is 11.7. The van der Waals surface area contributed by atoms with Gasteiger partial charge in [0.1, 0.15) is 0 Å². The van der Waals surface area contributed by atoms with Gasteiger partial charge in [-0.25, -0.2) is 0 Å². The fourth-order valence-electron chi connectivity index (χ4n) is 3.92. The SMILES string of the molecule is C[C@H]1C[C@@H](C(=O)NC2CCN(CCc3ccccc3)CC2)CCN1.Cl. The molecule has 0 spiro atoms. The van der Waals surface area contributed by atoms with Gasteiger partial charge in [0.05, 0.1) is 0 Å². The number of likely N-dealkylation sites (tertiary alicyclic amines) is 1. The number of nitrogens with one attached hydrogen (secondary N) is 2. The Bertz CT molecular complexity index is 517. The molecule has 1 aromatic rings. The van der Waals surface area contributed by atoms with Crippen LogP contribution in [0.1, 0.15) is 38.2 Å². The van der Waals surface area contributed by atoms with Crippen molar-refractivity contribution in [3.05, 3.63) is 35.9 Å². The van der Waals surface area contributed by atoms with Crippen LogP contribution in [0.3, 0.4) is 0 Å². The fraction of sp³-hybridized carbons (Fsp3) is 0.650. The van der Waals surface area contributed by atoms with Gasteiger partial charge in [0.15, 0.2) is 0 Å². The van der Waals surface area contributed by atoms with Crippen molar-refractivity contribution in [3.8, 4) is 0 Å². The zero-order chi connectivity index (χ0) is 16.8. The van der Waals surface area contributed by atoms with Gasteiger partial charge in [0.25, 0.3) is 0 Å². The predicted octanol–water partition coefficient (Wildman–Crippen LogP) is 2.62. The lowest BCUT2D eigenvalue weighted by molar-refractivity contribution is -0.127. The molecule has 2 N–H and O–H groups in total. The fourth-order valence-corrected chi connectivity index (χ4v) is 3.92. The number of halogens is 1. The summed E-state index contributed by atoms with van der Waals surface area (Å²) in [5.74, 6) is 0.489. The molecule has 2 atom stereocenters. The third-order valence-electron chi connectivity index (χ3n) is 5.49. The van der Waals surface area contributed by atoms with Crippen LogP contribution in [0.25, 0.3) is 0 Å². The summed E-state index contributed by atoms with van der Waals surface area (Å²) in [6.07, 6.45) is 5.24. The molecule has 2 aliphatic heterocycles. The zero-order valence-corrected chi connectivity index (χ0v) is 16.1. The second kappa shape index (κ2) is 10.1. The summed E-state index contributed by atoms with van der Waals surface area (Å²) >= 11 is 0. The maximum Gasteiger partial charge on any atom is 0.223 e. The molecule has 2 saturated heterocycles. The Labute approximate surface area is 158 Å². The van der Waals surface area contributed by atoms with Gasteiger partial charge < -0.3 is 15.5 Å². The molecule has 3 rings (SSSR count). The molecule has 2 fully saturated rings. The molecular formula is C20H32ClN3O. The molecule has 4 nitrogen and oxygen atoms in total. The van der Waals surface area contributed by atoms with Crippen molar-refractivity contribution in [1.82, 2.24) is 15.5 Å². The highest BCUT2D eigenvalue weighted by molar-refractivity contribution is 5.85. The Balaban J connectivity index is 0.00000225. The molecule has 0 bridgehead atoms. The third kappa shape index (κ3) is 6.28. The van der Waals surface area contributed by atoms with Crippen molar-refractivity contribution in [2.45, 2.75) is 51.1 Å². The monoisotopic (exact) mass is 365 g/mol. The van der Waals surface area contributed by atoms with E-state index in [2.05, 4.69) is 52.8 Å². The topological polar surface area (TPSA) is 44.4 Å². The van der Waals surface area contributed by atoms with E-state index < -0.39 is 0 Å². The van der Waals surface area contributed by atoms with Crippen LogP contribution in [-0.2, 0) is 11.2 Å². The number of amides is 1. The Morgan fingerprint density at radius 2 is 1.92 bits per heavy atom. The van der Waals surface area contributed by atoms with E-state index in [0.29, 0.717) is 12.1 Å². The second-order valence-electron chi connectivity index (χ2n) is 7.44. The zero-order valence-electron chi connectivity index (χ0n) is 15.2. The van der Waals surface area contributed by atoms with Crippen LogP contribution in [0.2, 0.25) is 0 Å². The average molecular weight is 366 g/mol. The average Bonchev–Trinajstić information content (AvgIpc) is 2.62. The minimum Gasteiger partial charge on any atom is -0.353 e. The molecule has 0 saturated carbocycles. The van der Waals surface area contributed by atoms with Crippen molar-refractivity contribution in [3.63, 3.8) is 0 Å². The summed E-state index contributed by atoms with van der Waals surface area (Å²) in [5, 5.41) is 6.73. The number of nitrogens with zero attached hydrogens (tertiary/aromatic N) is 1. The molecule has 0 aliphatic carbocycles. The Morgan fingerprint density at radius 3 is 2.60 bits per heavy atom. The maximum absolute atomic E-state index is 12.5. The summed E-state index contributed by atoms with van der Waals surface area (Å²) in [6, 6.07) is 11.5. The molecule has 2 aliphatic rings. The van der Waals surface area contributed by atoms with E-state index in [1.165, 1.54) is 5.56 Å². The molecule has 0 radical (unpaired) electrons. The first-order valence-electron chi connectivity index (χ1n) is 9.51. The van der Waals surface area contributed by atoms with Crippen LogP contribution in [0, 0.1) is 5.92 Å². The van der Waals surface area contributed by atoms with Crippen LogP contribution in [0.15, 0.2) is 30.3 Å². The number of carbonyl (C=O) groups is 1. The molecule has 25 heavy (non-hydrogen) atoms. The Kier molecular flexibility index (Phi) is 8.20. The van der Waals surface area contributed by atoms with Gasteiger partial charge in [-0.05, 0) is 51.1 Å². The van der Waals surface area contributed by atoms with E-state index in [-0.39, 0.29) is 24.2 Å². The number of hydrogen-bond acceptors (Lipinski definition) is 3. The van der Waals surface area contributed by atoms with E-state index in [1.54, 1.807) is 0 Å². The van der Waals surface area contributed by atoms with Crippen molar-refractivity contribution >= 4 is 18.3 Å². The van der Waals surface area contributed by atoms with Gasteiger partial charge in [-0.3, -0.25) is 4.79 Å². The number of carbonyl (C=O) groups excluding carboxylic acids is 1. The standard InChI is InChI=1S/C20H31N3O.ClH/c1-16-15-18(7-11-21-16)20(24)22-19-9-13-23(14-10-19)12-8-17-5-3-2-4-6-17;/h2-6,16,18-19,21H,7-15H2,1H3,(H,22,24);1H/t16-,18-;/m0./s1. The van der Waals surface area contributed by atoms with Crippen LogP contribution in [0.5, 0.6) is 0 Å². The highest BCUT2D eigenvalue weighted by Gasteiger charge is 2.27. The lowest BCUT2D eigenvalue weighted by Crippen LogP contribution is -2.49. The van der Waals surface area contributed by atoms with Gasteiger partial charge in [0, 0.05) is 37.6 Å². The molecule has 140 valence electrons. The molecule has 0 aromatic heterocycles. The van der Waals surface area contributed by atoms with E-state index in [1.807, 2.05) is 0 Å². The molecule has 5 heteroatoms. The van der Waals surface area contributed by atoms with Crippen LogP contribution >= 0.6 is 12.4 Å². The van der Waals surface area contributed by atoms with E-state index in [9.17, 15) is 4.79 Å². The van der Waals surface area contributed by atoms with Crippen LogP contribution < -0.4 is 10.6 Å². The highest BCUT2D eigenvalue weighted by Crippen LogP contribution is 2.18. The number of rotatable bonds is 5. The third-order valence-corrected chi connectivity index (χ3v) is 5.49. The smallest absolute Gasteiger partial charge is 0.223 e. The Morgan fingerprint density at radius 1 is 1.20 bits per heavy atom. The van der Waals surface area contributed by atoms with Crippen LogP contribution in [0.4, 0.5) is 0 Å². The maximum atomic E-state index is 12.5. The number of piperidine rings is 2. The van der Waals surface area contributed by atoms with E-state index in [0.717, 1.165) is 58.3 Å². The first kappa shape index (κ1) is 20.2. The van der Waals surface area contributed by atoms with Crippen LogP contribution in [-0.4, -0.2) is 49.1 Å². The molecule has 2 heterocycles. The van der Waals surface area contributed by atoms with Crippen molar-refractivity contribution in [1.29, 1.82) is 0 Å². The van der Waals surface area contributed by atoms with E-state index >= 15 is 0 Å². The van der Waals surface area contributed by atoms with Crippen molar-refractivity contribution in [2.75, 3.05) is 26.2 Å². The van der Waals surface area contributed by atoms with Gasteiger partial charge in [-0.1, -0.05) is 30.3 Å². The predicted molar refractivity (Wildman–Crippen MR) is 105 cm³/mol. The van der Waals surface area contributed by atoms with E-state index in [4.69, 9.17) is 0 Å². The minimum atomic E-state index is 0. The normalized spacial score (nSPS) is 25.2. The highest BCUT2D eigenvalue weighted by atomic mass is 35.5. The molecule has 0 unspecified atom stereocenters. The van der Waals surface area contributed by atoms with Gasteiger partial charge in [0.2, 0.25) is 5.91 Å². The largest absolute Gasteiger partial charge is 0.353 e. The molecular weight excluding hydrogens is 334 g/mol. The van der Waals surface area contributed by atoms with Gasteiger partial charge in [-0.15, -0.1) is 12.4 Å². The second-order valence-corrected chi connectivity index (χ2v) is 7.44. The van der Waals surface area contributed by atoms with Crippen molar-refractivity contribution in [2.24, 2.45) is 5.92 Å². The van der Waals surface area contributed by atoms with Gasteiger partial charge >= 0.3 is 0 Å². The Hall–Kier alpha value is -1.10. The summed E-state index contributed by atoms with van der Waals surface area (Å²) < 4.78 is 0. The van der Waals surface area contributed by atoms with Gasteiger partial charge in [-0.2, -0.15) is 0 Å². The lowest BCUT2D eigenvalue weighted by Gasteiger charge is -2.34. The summed E-state index contributed by atoms with van der Waals surface area (Å²) in [7, 11) is 0. The lowest BCUT2D eigenvalue weighted by atomic mass is 9.92. The number of hydrogen-bond donors (Lipinski definition) is 2. The quantitative estimate of drug-likeness (QED) is 0.843. The molecule has 1 aromatic carbocycles. The van der Waals surface area contributed by atoms with Crippen molar-refractivity contribution < 1.29 is 4.79 Å².